The lowest BCUT2D eigenvalue weighted by Gasteiger charge is -2.12. The summed E-state index contributed by atoms with van der Waals surface area (Å²) in [5, 5.41) is 11.0. The lowest BCUT2D eigenvalue weighted by atomic mass is 10.0. The number of benzene rings is 2. The summed E-state index contributed by atoms with van der Waals surface area (Å²) in [5.41, 5.74) is 1.97. The van der Waals surface area contributed by atoms with Gasteiger partial charge in [0.2, 0.25) is 5.75 Å². The molecule has 0 aromatic heterocycles. The molecule has 0 unspecified atom stereocenters. The highest BCUT2D eigenvalue weighted by Gasteiger charge is 2.12. The molecule has 112 valence electrons. The van der Waals surface area contributed by atoms with E-state index in [9.17, 15) is 5.11 Å². The lowest BCUT2D eigenvalue weighted by molar-refractivity contribution is 0.339. The predicted molar refractivity (Wildman–Crippen MR) is 85.1 cm³/mol. The topological polar surface area (TPSA) is 38.7 Å². The molecule has 0 aliphatic heterocycles. The quantitative estimate of drug-likeness (QED) is 0.879. The van der Waals surface area contributed by atoms with Crippen molar-refractivity contribution in [3.63, 3.8) is 0 Å². The summed E-state index contributed by atoms with van der Waals surface area (Å²) in [5.74, 6) is 0.785. The van der Waals surface area contributed by atoms with Crippen LogP contribution in [0.3, 0.4) is 0 Å². The van der Waals surface area contributed by atoms with Crippen molar-refractivity contribution in [2.75, 3.05) is 14.2 Å². The zero-order valence-corrected chi connectivity index (χ0v) is 13.3. The van der Waals surface area contributed by atoms with Gasteiger partial charge in [-0.15, -0.1) is 0 Å². The zero-order chi connectivity index (χ0) is 15.4. The number of hydrogen-bond donors (Lipinski definition) is 1. The highest BCUT2D eigenvalue weighted by atomic mass is 35.5. The van der Waals surface area contributed by atoms with Crippen LogP contribution >= 0.6 is 23.2 Å². The number of rotatable bonds is 5. The van der Waals surface area contributed by atoms with Gasteiger partial charge in [0.15, 0.2) is 11.5 Å². The van der Waals surface area contributed by atoms with Crippen LogP contribution in [0.5, 0.6) is 17.2 Å². The van der Waals surface area contributed by atoms with Crippen molar-refractivity contribution in [3.05, 3.63) is 51.5 Å². The Morgan fingerprint density at radius 3 is 2.19 bits per heavy atom. The minimum absolute atomic E-state index is 0.00420. The van der Waals surface area contributed by atoms with Crippen LogP contribution in [-0.4, -0.2) is 19.3 Å². The normalized spacial score (nSPS) is 10.5. The van der Waals surface area contributed by atoms with Gasteiger partial charge in [-0.05, 0) is 42.2 Å². The third-order valence-electron chi connectivity index (χ3n) is 3.25. The maximum atomic E-state index is 9.89. The Bertz CT molecular complexity index is 616. The molecule has 0 atom stereocenters. The molecular weight excluding hydrogens is 311 g/mol. The van der Waals surface area contributed by atoms with E-state index in [-0.39, 0.29) is 5.75 Å². The monoisotopic (exact) mass is 326 g/mol. The van der Waals surface area contributed by atoms with Crippen LogP contribution in [0.1, 0.15) is 11.1 Å². The number of methoxy groups -OCH3 is 2. The van der Waals surface area contributed by atoms with E-state index in [1.165, 1.54) is 14.2 Å². The molecule has 0 saturated heterocycles. The summed E-state index contributed by atoms with van der Waals surface area (Å²) in [6.07, 6.45) is 1.46. The van der Waals surface area contributed by atoms with Gasteiger partial charge in [0.05, 0.1) is 24.3 Å². The van der Waals surface area contributed by atoms with Gasteiger partial charge in [0, 0.05) is 0 Å². The average Bonchev–Trinajstić information content (AvgIpc) is 2.49. The van der Waals surface area contributed by atoms with Crippen LogP contribution in [0.25, 0.3) is 0 Å². The Hall–Kier alpha value is -1.58. The number of phenolic OH excluding ortho intramolecular Hbond substituents is 1. The summed E-state index contributed by atoms with van der Waals surface area (Å²) >= 11 is 12.2. The Labute approximate surface area is 134 Å². The first-order chi connectivity index (χ1) is 10.1. The molecule has 0 spiro atoms. The number of aryl methyl sites for hydroxylation is 2. The van der Waals surface area contributed by atoms with Crippen molar-refractivity contribution in [1.29, 1.82) is 0 Å². The number of ether oxygens (including phenoxy) is 2. The molecule has 2 aromatic carbocycles. The van der Waals surface area contributed by atoms with Crippen LogP contribution in [0.4, 0.5) is 0 Å². The van der Waals surface area contributed by atoms with E-state index in [1.807, 2.05) is 12.1 Å². The molecule has 0 fully saturated rings. The molecule has 0 radical (unpaired) electrons. The van der Waals surface area contributed by atoms with Gasteiger partial charge in [-0.3, -0.25) is 0 Å². The summed E-state index contributed by atoms with van der Waals surface area (Å²) in [6.45, 7) is 0. The number of hydrogen-bond acceptors (Lipinski definition) is 3. The first-order valence-corrected chi connectivity index (χ1v) is 7.19. The summed E-state index contributed by atoms with van der Waals surface area (Å²) < 4.78 is 10.3. The first-order valence-electron chi connectivity index (χ1n) is 6.43. The molecule has 3 nitrogen and oxygen atoms in total. The predicted octanol–water partition coefficient (Wildman–Crippen LogP) is 4.50. The lowest BCUT2D eigenvalue weighted by Crippen LogP contribution is -1.96. The Morgan fingerprint density at radius 1 is 1.00 bits per heavy atom. The molecule has 0 aliphatic carbocycles. The fourth-order valence-corrected chi connectivity index (χ4v) is 2.53. The summed E-state index contributed by atoms with van der Waals surface area (Å²) in [4.78, 5) is 0. The third-order valence-corrected chi connectivity index (χ3v) is 4.11. The van der Waals surface area contributed by atoms with E-state index in [2.05, 4.69) is 0 Å². The molecule has 0 saturated carbocycles. The number of aromatic hydroxyl groups is 1. The van der Waals surface area contributed by atoms with E-state index >= 15 is 0 Å². The van der Waals surface area contributed by atoms with E-state index in [0.717, 1.165) is 24.0 Å². The van der Waals surface area contributed by atoms with Crippen LogP contribution in [0.2, 0.25) is 10.0 Å². The van der Waals surface area contributed by atoms with Crippen molar-refractivity contribution in [2.24, 2.45) is 0 Å². The highest BCUT2D eigenvalue weighted by molar-refractivity contribution is 6.42. The maximum Gasteiger partial charge on any atom is 0.200 e. The van der Waals surface area contributed by atoms with Gasteiger partial charge in [0.1, 0.15) is 0 Å². The van der Waals surface area contributed by atoms with Crippen LogP contribution in [0, 0.1) is 0 Å². The average molecular weight is 327 g/mol. The standard InChI is InChI=1S/C16H16Cl2O3/c1-20-13-8-10(9-14(21-2)16(13)19)6-7-11-4-3-5-12(17)15(11)18/h3-5,8-9,19H,6-7H2,1-2H3. The van der Waals surface area contributed by atoms with Crippen LogP contribution in [0.15, 0.2) is 30.3 Å². The smallest absolute Gasteiger partial charge is 0.200 e. The highest BCUT2D eigenvalue weighted by Crippen LogP contribution is 2.37. The van der Waals surface area contributed by atoms with Gasteiger partial charge in [0.25, 0.3) is 0 Å². The summed E-state index contributed by atoms with van der Waals surface area (Å²) in [6, 6.07) is 9.16. The molecular formula is C16H16Cl2O3. The van der Waals surface area contributed by atoms with Crippen molar-refractivity contribution >= 4 is 23.2 Å². The number of phenols is 1. The Kier molecular flexibility index (Phi) is 5.21. The minimum Gasteiger partial charge on any atom is -0.502 e. The molecule has 2 rings (SSSR count). The molecule has 21 heavy (non-hydrogen) atoms. The van der Waals surface area contributed by atoms with E-state index in [1.54, 1.807) is 18.2 Å². The van der Waals surface area contributed by atoms with Gasteiger partial charge in [-0.2, -0.15) is 0 Å². The fourth-order valence-electron chi connectivity index (χ4n) is 2.11. The van der Waals surface area contributed by atoms with E-state index in [0.29, 0.717) is 21.5 Å². The van der Waals surface area contributed by atoms with E-state index in [4.69, 9.17) is 32.7 Å². The number of halogens is 2. The SMILES string of the molecule is COc1cc(CCc2cccc(Cl)c2Cl)cc(OC)c1O. The Balaban J connectivity index is 2.22. The second-order valence-electron chi connectivity index (χ2n) is 4.56. The largest absolute Gasteiger partial charge is 0.502 e. The van der Waals surface area contributed by atoms with Crippen LogP contribution in [-0.2, 0) is 12.8 Å². The molecule has 0 amide bonds. The second-order valence-corrected chi connectivity index (χ2v) is 5.35. The third kappa shape index (κ3) is 3.55. The fraction of sp³-hybridized carbons (Fsp3) is 0.250. The maximum absolute atomic E-state index is 9.89. The van der Waals surface area contributed by atoms with Gasteiger partial charge >= 0.3 is 0 Å². The van der Waals surface area contributed by atoms with Crippen molar-refractivity contribution in [2.45, 2.75) is 12.8 Å². The molecule has 0 heterocycles. The minimum atomic E-state index is 0.00420. The molecule has 1 N–H and O–H groups in total. The first kappa shape index (κ1) is 15.8. The van der Waals surface area contributed by atoms with Crippen molar-refractivity contribution in [1.82, 2.24) is 0 Å². The Morgan fingerprint density at radius 2 is 1.62 bits per heavy atom. The van der Waals surface area contributed by atoms with E-state index < -0.39 is 0 Å². The second kappa shape index (κ2) is 6.92. The zero-order valence-electron chi connectivity index (χ0n) is 11.8. The molecule has 2 aromatic rings. The van der Waals surface area contributed by atoms with Crippen molar-refractivity contribution < 1.29 is 14.6 Å². The van der Waals surface area contributed by atoms with Crippen LogP contribution < -0.4 is 9.47 Å². The molecule has 0 bridgehead atoms. The molecule has 5 heteroatoms. The van der Waals surface area contributed by atoms with Crippen molar-refractivity contribution in [3.8, 4) is 17.2 Å². The van der Waals surface area contributed by atoms with Gasteiger partial charge in [-0.25, -0.2) is 0 Å². The summed E-state index contributed by atoms with van der Waals surface area (Å²) in [7, 11) is 3.01. The van der Waals surface area contributed by atoms with Gasteiger partial charge in [-0.1, -0.05) is 35.3 Å². The van der Waals surface area contributed by atoms with Gasteiger partial charge < -0.3 is 14.6 Å². The molecule has 0 aliphatic rings.